The van der Waals surface area contributed by atoms with Crippen molar-refractivity contribution in [1.82, 2.24) is 20.9 Å². The highest BCUT2D eigenvalue weighted by Crippen LogP contribution is 2.32. The van der Waals surface area contributed by atoms with Crippen LogP contribution in [-0.4, -0.2) is 40.9 Å². The van der Waals surface area contributed by atoms with Crippen LogP contribution in [0.3, 0.4) is 0 Å². The molecule has 140 valence electrons. The van der Waals surface area contributed by atoms with E-state index in [1.54, 1.807) is 52.0 Å². The Bertz CT molecular complexity index is 726. The number of hydrogen-bond acceptors (Lipinski definition) is 4. The third kappa shape index (κ3) is 4.01. The summed E-state index contributed by atoms with van der Waals surface area (Å²) in [6.07, 6.45) is 0.338. The molecule has 1 fully saturated rings. The van der Waals surface area contributed by atoms with Crippen LogP contribution in [0.5, 0.6) is 0 Å². The molecule has 1 aromatic rings. The van der Waals surface area contributed by atoms with Gasteiger partial charge >= 0.3 is 12.1 Å². The number of carbonyl (C=O) groups excluding carboxylic acids is 4. The van der Waals surface area contributed by atoms with Gasteiger partial charge in [0.05, 0.1) is 0 Å². The van der Waals surface area contributed by atoms with E-state index in [9.17, 15) is 19.2 Å². The number of nitrogens with zero attached hydrogens (tertiary/aromatic N) is 1. The maximum Gasteiger partial charge on any atom is 0.325 e. The lowest BCUT2D eigenvalue weighted by Crippen LogP contribution is -2.51. The van der Waals surface area contributed by atoms with Crippen LogP contribution < -0.4 is 16.0 Å². The number of amides is 6. The van der Waals surface area contributed by atoms with E-state index < -0.39 is 41.5 Å². The summed E-state index contributed by atoms with van der Waals surface area (Å²) in [6, 6.07) is 7.53. The fourth-order valence-corrected chi connectivity index (χ4v) is 2.81. The molecule has 0 aliphatic carbocycles. The monoisotopic (exact) mass is 360 g/mol. The Morgan fingerprint density at radius 2 is 1.77 bits per heavy atom. The maximum atomic E-state index is 12.9. The number of hydrogen-bond donors (Lipinski definition) is 3. The minimum atomic E-state index is -1.20. The van der Waals surface area contributed by atoms with Gasteiger partial charge in [0, 0.05) is 5.54 Å². The molecule has 1 atom stereocenters. The zero-order valence-electron chi connectivity index (χ0n) is 15.4. The summed E-state index contributed by atoms with van der Waals surface area (Å²) in [5, 5.41) is 7.39. The van der Waals surface area contributed by atoms with E-state index in [0.717, 1.165) is 4.90 Å². The van der Waals surface area contributed by atoms with Crippen molar-refractivity contribution in [2.75, 3.05) is 6.54 Å². The quantitative estimate of drug-likeness (QED) is 0.707. The van der Waals surface area contributed by atoms with Crippen LogP contribution in [0.1, 0.15) is 39.7 Å². The SMILES string of the molecule is CCC1(c2ccccc2)NC(=O)N(CC(=O)NC(=O)NC(C)(C)C)C1=O. The fraction of sp³-hybridized carbons (Fsp3) is 0.444. The standard InChI is InChI=1S/C18H24N4O4/c1-5-18(12-9-7-6-8-10-12)14(24)22(16(26)21-18)11-13(23)19-15(25)20-17(2,3)4/h6-10H,5,11H2,1-4H3,(H,21,26)(H2,19,20,23,25). The maximum absolute atomic E-state index is 12.9. The second-order valence-corrected chi connectivity index (χ2v) is 7.20. The Kier molecular flexibility index (Phi) is 5.34. The average Bonchev–Trinajstić information content (AvgIpc) is 2.79. The minimum absolute atomic E-state index is 0.338. The Hall–Kier alpha value is -2.90. The van der Waals surface area contributed by atoms with Gasteiger partial charge in [0.1, 0.15) is 12.1 Å². The molecule has 1 aliphatic heterocycles. The summed E-state index contributed by atoms with van der Waals surface area (Å²) < 4.78 is 0. The number of rotatable bonds is 4. The van der Waals surface area contributed by atoms with Crippen molar-refractivity contribution >= 4 is 23.9 Å². The van der Waals surface area contributed by atoms with Gasteiger partial charge in [-0.1, -0.05) is 37.3 Å². The summed E-state index contributed by atoms with van der Waals surface area (Å²) in [5.41, 5.74) is -1.07. The van der Waals surface area contributed by atoms with Crippen molar-refractivity contribution in [2.24, 2.45) is 0 Å². The molecule has 0 spiro atoms. The average molecular weight is 360 g/mol. The van der Waals surface area contributed by atoms with E-state index in [2.05, 4.69) is 16.0 Å². The molecule has 0 radical (unpaired) electrons. The molecule has 8 heteroatoms. The van der Waals surface area contributed by atoms with Gasteiger partial charge in [0.2, 0.25) is 5.91 Å². The summed E-state index contributed by atoms with van der Waals surface area (Å²) >= 11 is 0. The lowest BCUT2D eigenvalue weighted by molar-refractivity contribution is -0.135. The smallest absolute Gasteiger partial charge is 0.325 e. The van der Waals surface area contributed by atoms with Crippen LogP contribution in [0.25, 0.3) is 0 Å². The second-order valence-electron chi connectivity index (χ2n) is 7.20. The second kappa shape index (κ2) is 7.15. The van der Waals surface area contributed by atoms with Gasteiger partial charge in [-0.2, -0.15) is 0 Å². The predicted octanol–water partition coefficient (Wildman–Crippen LogP) is 1.47. The van der Waals surface area contributed by atoms with Gasteiger partial charge in [0.25, 0.3) is 5.91 Å². The van der Waals surface area contributed by atoms with E-state index in [0.29, 0.717) is 12.0 Å². The van der Waals surface area contributed by atoms with Crippen LogP contribution in [-0.2, 0) is 15.1 Å². The first kappa shape index (κ1) is 19.4. The van der Waals surface area contributed by atoms with Crippen molar-refractivity contribution in [3.63, 3.8) is 0 Å². The first-order valence-corrected chi connectivity index (χ1v) is 8.40. The highest BCUT2D eigenvalue weighted by Gasteiger charge is 2.51. The highest BCUT2D eigenvalue weighted by atomic mass is 16.2. The zero-order chi connectivity index (χ0) is 19.5. The number of benzene rings is 1. The molecular formula is C18H24N4O4. The van der Waals surface area contributed by atoms with E-state index in [1.165, 1.54) is 0 Å². The Morgan fingerprint density at radius 1 is 1.15 bits per heavy atom. The molecule has 1 unspecified atom stereocenters. The number of imide groups is 2. The largest absolute Gasteiger partial charge is 0.333 e. The molecule has 0 bridgehead atoms. The number of nitrogens with one attached hydrogen (secondary N) is 3. The van der Waals surface area contributed by atoms with Crippen LogP contribution in [0.15, 0.2) is 30.3 Å². The summed E-state index contributed by atoms with van der Waals surface area (Å²) in [5.74, 6) is -1.25. The Labute approximate surface area is 152 Å². The molecule has 0 saturated carbocycles. The van der Waals surface area contributed by atoms with Gasteiger partial charge in [-0.05, 0) is 32.8 Å². The Morgan fingerprint density at radius 3 is 2.31 bits per heavy atom. The predicted molar refractivity (Wildman–Crippen MR) is 95.1 cm³/mol. The highest BCUT2D eigenvalue weighted by molar-refractivity contribution is 6.10. The normalized spacial score (nSPS) is 19.9. The first-order valence-electron chi connectivity index (χ1n) is 8.40. The van der Waals surface area contributed by atoms with Crippen LogP contribution in [0, 0.1) is 0 Å². The topological polar surface area (TPSA) is 108 Å². The molecule has 1 aromatic carbocycles. The molecule has 6 amide bonds. The molecule has 1 saturated heterocycles. The molecule has 3 N–H and O–H groups in total. The van der Waals surface area contributed by atoms with E-state index in [-0.39, 0.29) is 0 Å². The van der Waals surface area contributed by atoms with E-state index in [1.807, 2.05) is 6.07 Å². The van der Waals surface area contributed by atoms with Gasteiger partial charge in [-0.15, -0.1) is 0 Å². The minimum Gasteiger partial charge on any atom is -0.333 e. The van der Waals surface area contributed by atoms with Crippen LogP contribution >= 0.6 is 0 Å². The lowest BCUT2D eigenvalue weighted by atomic mass is 9.87. The van der Waals surface area contributed by atoms with Crippen molar-refractivity contribution in [1.29, 1.82) is 0 Å². The van der Waals surface area contributed by atoms with Crippen molar-refractivity contribution in [2.45, 2.75) is 45.2 Å². The first-order chi connectivity index (χ1) is 12.1. The molecule has 0 aromatic heterocycles. The van der Waals surface area contributed by atoms with Gasteiger partial charge < -0.3 is 10.6 Å². The summed E-state index contributed by atoms with van der Waals surface area (Å²) in [7, 11) is 0. The third-order valence-electron chi connectivity index (χ3n) is 4.02. The summed E-state index contributed by atoms with van der Waals surface area (Å²) in [6.45, 7) is 6.56. The molecule has 8 nitrogen and oxygen atoms in total. The van der Waals surface area contributed by atoms with Gasteiger partial charge in [0.15, 0.2) is 0 Å². The molecule has 1 heterocycles. The molecular weight excluding hydrogens is 336 g/mol. The van der Waals surface area contributed by atoms with Gasteiger partial charge in [-0.3, -0.25) is 19.8 Å². The zero-order valence-corrected chi connectivity index (χ0v) is 15.4. The van der Waals surface area contributed by atoms with Gasteiger partial charge in [-0.25, -0.2) is 9.59 Å². The van der Waals surface area contributed by atoms with Crippen LogP contribution in [0.2, 0.25) is 0 Å². The molecule has 2 rings (SSSR count). The summed E-state index contributed by atoms with van der Waals surface area (Å²) in [4.78, 5) is 49.8. The molecule has 26 heavy (non-hydrogen) atoms. The lowest BCUT2D eigenvalue weighted by Gasteiger charge is -2.25. The van der Waals surface area contributed by atoms with Crippen LogP contribution in [0.4, 0.5) is 9.59 Å². The van der Waals surface area contributed by atoms with Crippen molar-refractivity contribution in [3.05, 3.63) is 35.9 Å². The van der Waals surface area contributed by atoms with E-state index in [4.69, 9.17) is 0 Å². The van der Waals surface area contributed by atoms with Crippen molar-refractivity contribution in [3.8, 4) is 0 Å². The number of urea groups is 2. The number of carbonyl (C=O) groups is 4. The van der Waals surface area contributed by atoms with E-state index >= 15 is 0 Å². The fourth-order valence-electron chi connectivity index (χ4n) is 2.81. The molecule has 1 aliphatic rings. The Balaban J connectivity index is 2.11. The third-order valence-corrected chi connectivity index (χ3v) is 4.02. The van der Waals surface area contributed by atoms with Crippen molar-refractivity contribution < 1.29 is 19.2 Å².